The molecule has 1 aromatic rings. The normalized spacial score (nSPS) is 23.4. The molecule has 2 aliphatic rings. The third-order valence-corrected chi connectivity index (χ3v) is 2.86. The highest BCUT2D eigenvalue weighted by Crippen LogP contribution is 2.38. The average Bonchev–Trinajstić information content (AvgIpc) is 2.57. The van der Waals surface area contributed by atoms with Crippen LogP contribution < -0.4 is 15.2 Å². The van der Waals surface area contributed by atoms with Gasteiger partial charge in [-0.1, -0.05) is 0 Å². The summed E-state index contributed by atoms with van der Waals surface area (Å²) in [6.07, 6.45) is 2.18. The number of hydrogen-bond acceptors (Lipinski definition) is 3. The molecular formula is C11H13NO2. The lowest BCUT2D eigenvalue weighted by molar-refractivity contribution is 0.287. The number of nitrogens with two attached hydrogens (primary N) is 1. The fraction of sp³-hybridized carbons (Fsp3) is 0.455. The van der Waals surface area contributed by atoms with Gasteiger partial charge in [-0.2, -0.15) is 0 Å². The molecule has 2 aliphatic heterocycles. The van der Waals surface area contributed by atoms with E-state index in [-0.39, 0.29) is 6.04 Å². The highest BCUT2D eigenvalue weighted by Gasteiger charge is 2.24. The van der Waals surface area contributed by atoms with Crippen LogP contribution in [-0.4, -0.2) is 13.2 Å². The number of benzene rings is 1. The number of hydrogen-bond donors (Lipinski definition) is 1. The van der Waals surface area contributed by atoms with Gasteiger partial charge in [-0.25, -0.2) is 0 Å². The SMILES string of the molecule is N[C@H]1COc2cc3c(cc21)OCCC3. The Morgan fingerprint density at radius 1 is 1.21 bits per heavy atom. The summed E-state index contributed by atoms with van der Waals surface area (Å²) in [5, 5.41) is 0. The summed E-state index contributed by atoms with van der Waals surface area (Å²) in [4.78, 5) is 0. The first-order valence-corrected chi connectivity index (χ1v) is 5.02. The number of ether oxygens (including phenoxy) is 2. The Morgan fingerprint density at radius 2 is 2.14 bits per heavy atom. The molecule has 0 unspecified atom stereocenters. The maximum Gasteiger partial charge on any atom is 0.124 e. The largest absolute Gasteiger partial charge is 0.493 e. The minimum atomic E-state index is 0.0147. The molecule has 3 nitrogen and oxygen atoms in total. The van der Waals surface area contributed by atoms with E-state index in [1.807, 2.05) is 6.07 Å². The van der Waals surface area contributed by atoms with Crippen molar-refractivity contribution in [3.8, 4) is 11.5 Å². The van der Waals surface area contributed by atoms with E-state index in [1.165, 1.54) is 5.56 Å². The smallest absolute Gasteiger partial charge is 0.124 e. The Labute approximate surface area is 82.8 Å². The summed E-state index contributed by atoms with van der Waals surface area (Å²) in [5.41, 5.74) is 8.24. The maximum absolute atomic E-state index is 5.90. The molecule has 0 bridgehead atoms. The van der Waals surface area contributed by atoms with Crippen molar-refractivity contribution in [2.24, 2.45) is 5.73 Å². The van der Waals surface area contributed by atoms with Gasteiger partial charge in [0, 0.05) is 5.56 Å². The lowest BCUT2D eigenvalue weighted by atomic mass is 10.0. The minimum Gasteiger partial charge on any atom is -0.493 e. The van der Waals surface area contributed by atoms with Crippen molar-refractivity contribution in [1.82, 2.24) is 0 Å². The van der Waals surface area contributed by atoms with E-state index in [1.54, 1.807) is 0 Å². The molecule has 1 aromatic carbocycles. The van der Waals surface area contributed by atoms with Gasteiger partial charge in [0.15, 0.2) is 0 Å². The molecule has 0 aromatic heterocycles. The molecule has 1 atom stereocenters. The van der Waals surface area contributed by atoms with Crippen LogP contribution in [0.25, 0.3) is 0 Å². The van der Waals surface area contributed by atoms with Crippen molar-refractivity contribution >= 4 is 0 Å². The molecule has 0 fully saturated rings. The second kappa shape index (κ2) is 2.89. The number of fused-ring (bicyclic) bond motifs is 2. The molecular weight excluding hydrogens is 178 g/mol. The van der Waals surface area contributed by atoms with Gasteiger partial charge in [0.25, 0.3) is 0 Å². The summed E-state index contributed by atoms with van der Waals surface area (Å²) in [5.74, 6) is 1.94. The van der Waals surface area contributed by atoms with Crippen LogP contribution in [0.5, 0.6) is 11.5 Å². The first-order valence-electron chi connectivity index (χ1n) is 5.02. The number of rotatable bonds is 0. The van der Waals surface area contributed by atoms with Crippen molar-refractivity contribution < 1.29 is 9.47 Å². The van der Waals surface area contributed by atoms with Crippen molar-refractivity contribution in [3.05, 3.63) is 23.3 Å². The zero-order valence-corrected chi connectivity index (χ0v) is 7.95. The van der Waals surface area contributed by atoms with E-state index < -0.39 is 0 Å². The van der Waals surface area contributed by atoms with Gasteiger partial charge in [-0.3, -0.25) is 0 Å². The van der Waals surface area contributed by atoms with Crippen LogP contribution in [0.4, 0.5) is 0 Å². The van der Waals surface area contributed by atoms with Crippen molar-refractivity contribution in [1.29, 1.82) is 0 Å². The Hall–Kier alpha value is -1.22. The molecule has 3 rings (SSSR count). The molecule has 0 amide bonds. The minimum absolute atomic E-state index is 0.0147. The van der Waals surface area contributed by atoms with Gasteiger partial charge >= 0.3 is 0 Å². The van der Waals surface area contributed by atoms with Gasteiger partial charge in [-0.05, 0) is 30.5 Å². The second-order valence-corrected chi connectivity index (χ2v) is 3.87. The summed E-state index contributed by atoms with van der Waals surface area (Å²) < 4.78 is 11.1. The zero-order chi connectivity index (χ0) is 9.54. The summed E-state index contributed by atoms with van der Waals surface area (Å²) in [6, 6.07) is 4.14. The molecule has 3 heteroatoms. The fourth-order valence-electron chi connectivity index (χ4n) is 2.08. The lowest BCUT2D eigenvalue weighted by Gasteiger charge is -2.18. The number of aryl methyl sites for hydroxylation is 1. The fourth-order valence-corrected chi connectivity index (χ4v) is 2.08. The van der Waals surface area contributed by atoms with Crippen molar-refractivity contribution in [2.75, 3.05) is 13.2 Å². The third-order valence-electron chi connectivity index (χ3n) is 2.86. The van der Waals surface area contributed by atoms with E-state index in [0.29, 0.717) is 6.61 Å². The lowest BCUT2D eigenvalue weighted by Crippen LogP contribution is -2.12. The maximum atomic E-state index is 5.90. The molecule has 0 spiro atoms. The van der Waals surface area contributed by atoms with Crippen molar-refractivity contribution in [2.45, 2.75) is 18.9 Å². The second-order valence-electron chi connectivity index (χ2n) is 3.87. The van der Waals surface area contributed by atoms with E-state index in [4.69, 9.17) is 15.2 Å². The third kappa shape index (κ3) is 1.09. The highest BCUT2D eigenvalue weighted by atomic mass is 16.5. The Bertz CT molecular complexity index is 375. The van der Waals surface area contributed by atoms with Gasteiger partial charge in [-0.15, -0.1) is 0 Å². The van der Waals surface area contributed by atoms with Crippen LogP contribution >= 0.6 is 0 Å². The van der Waals surface area contributed by atoms with E-state index in [2.05, 4.69) is 6.07 Å². The van der Waals surface area contributed by atoms with Crippen molar-refractivity contribution in [3.63, 3.8) is 0 Å². The van der Waals surface area contributed by atoms with Gasteiger partial charge in [0.2, 0.25) is 0 Å². The van der Waals surface area contributed by atoms with Crippen LogP contribution in [0.15, 0.2) is 12.1 Å². The van der Waals surface area contributed by atoms with Gasteiger partial charge in [0.05, 0.1) is 12.6 Å². The van der Waals surface area contributed by atoms with Gasteiger partial charge < -0.3 is 15.2 Å². The van der Waals surface area contributed by atoms with Crippen LogP contribution in [0.1, 0.15) is 23.6 Å². The topological polar surface area (TPSA) is 44.5 Å². The van der Waals surface area contributed by atoms with E-state index in [0.717, 1.165) is 36.5 Å². The summed E-state index contributed by atoms with van der Waals surface area (Å²) >= 11 is 0. The molecule has 0 aliphatic carbocycles. The van der Waals surface area contributed by atoms with Crippen LogP contribution in [-0.2, 0) is 6.42 Å². The molecule has 2 N–H and O–H groups in total. The standard InChI is InChI=1S/C11H13NO2/c12-9-6-14-11-4-7-2-1-3-13-10(7)5-8(9)11/h4-5,9H,1-3,6,12H2/t9-/m0/s1. The molecule has 74 valence electrons. The van der Waals surface area contributed by atoms with E-state index in [9.17, 15) is 0 Å². The van der Waals surface area contributed by atoms with E-state index >= 15 is 0 Å². The molecule has 0 radical (unpaired) electrons. The van der Waals surface area contributed by atoms with Crippen LogP contribution in [0.3, 0.4) is 0 Å². The molecule has 0 saturated heterocycles. The predicted octanol–water partition coefficient (Wildman–Crippen LogP) is 1.40. The molecule has 0 saturated carbocycles. The Morgan fingerprint density at radius 3 is 3.07 bits per heavy atom. The van der Waals surface area contributed by atoms with Crippen LogP contribution in [0, 0.1) is 0 Å². The Balaban J connectivity index is 2.11. The van der Waals surface area contributed by atoms with Crippen LogP contribution in [0.2, 0.25) is 0 Å². The molecule has 14 heavy (non-hydrogen) atoms. The predicted molar refractivity (Wildman–Crippen MR) is 52.7 cm³/mol. The first kappa shape index (κ1) is 8.12. The summed E-state index contributed by atoms with van der Waals surface area (Å²) in [7, 11) is 0. The quantitative estimate of drug-likeness (QED) is 0.674. The average molecular weight is 191 g/mol. The zero-order valence-electron chi connectivity index (χ0n) is 7.95. The summed E-state index contributed by atoms with van der Waals surface area (Å²) in [6.45, 7) is 1.42. The highest BCUT2D eigenvalue weighted by molar-refractivity contribution is 5.50. The first-order chi connectivity index (χ1) is 6.84. The molecule has 2 heterocycles. The van der Waals surface area contributed by atoms with Gasteiger partial charge in [0.1, 0.15) is 18.1 Å². The monoisotopic (exact) mass is 191 g/mol. The Kier molecular flexibility index (Phi) is 1.67.